The molecule has 4 heteroatoms. The minimum absolute atomic E-state index is 0.0468. The van der Waals surface area contributed by atoms with Gasteiger partial charge in [-0.2, -0.15) is 11.8 Å². The van der Waals surface area contributed by atoms with Crippen molar-refractivity contribution in [1.29, 1.82) is 0 Å². The second-order valence-corrected chi connectivity index (χ2v) is 5.70. The van der Waals surface area contributed by atoms with Gasteiger partial charge in [0.2, 0.25) is 5.91 Å². The maximum atomic E-state index is 11.9. The maximum absolute atomic E-state index is 11.9. The highest BCUT2D eigenvalue weighted by atomic mass is 35.5. The second kappa shape index (κ2) is 5.26. The molecule has 0 N–H and O–H groups in total. The Kier molecular flexibility index (Phi) is 4.58. The predicted molar refractivity (Wildman–Crippen MR) is 63.0 cm³/mol. The molecular weight excluding hydrogens is 218 g/mol. The lowest BCUT2D eigenvalue weighted by molar-refractivity contribution is -0.136. The highest BCUT2D eigenvalue weighted by Gasteiger charge is 2.30. The van der Waals surface area contributed by atoms with E-state index in [9.17, 15) is 4.79 Å². The number of hydrogen-bond acceptors (Lipinski definition) is 2. The Balaban J connectivity index is 2.62. The number of hydrogen-bond donors (Lipinski definition) is 0. The summed E-state index contributed by atoms with van der Waals surface area (Å²) in [6.07, 6.45) is 0. The van der Waals surface area contributed by atoms with Crippen molar-refractivity contribution in [3.05, 3.63) is 0 Å². The number of amides is 1. The first kappa shape index (κ1) is 12.2. The van der Waals surface area contributed by atoms with Crippen LogP contribution in [0.1, 0.15) is 20.8 Å². The van der Waals surface area contributed by atoms with Crippen molar-refractivity contribution < 1.29 is 4.79 Å². The summed E-state index contributed by atoms with van der Waals surface area (Å²) < 4.78 is 0. The Morgan fingerprint density at radius 2 is 2.29 bits per heavy atom. The highest BCUT2D eigenvalue weighted by Crippen LogP contribution is 2.25. The summed E-state index contributed by atoms with van der Waals surface area (Å²) in [7, 11) is 0. The summed E-state index contributed by atoms with van der Waals surface area (Å²) in [5.74, 6) is 1.63. The molecule has 3 atom stereocenters. The molecule has 1 aliphatic rings. The van der Waals surface area contributed by atoms with Crippen molar-refractivity contribution in [3.8, 4) is 0 Å². The number of halogens is 1. The smallest absolute Gasteiger partial charge is 0.226 e. The lowest BCUT2D eigenvalue weighted by Gasteiger charge is -2.38. The first-order valence-electron chi connectivity index (χ1n) is 5.06. The molecule has 0 aliphatic carbocycles. The van der Waals surface area contributed by atoms with Crippen LogP contribution in [0.15, 0.2) is 0 Å². The molecule has 0 bridgehead atoms. The van der Waals surface area contributed by atoms with Gasteiger partial charge < -0.3 is 4.90 Å². The fourth-order valence-electron chi connectivity index (χ4n) is 1.59. The lowest BCUT2D eigenvalue weighted by atomic mass is 10.1. The molecule has 3 unspecified atom stereocenters. The highest BCUT2D eigenvalue weighted by molar-refractivity contribution is 8.00. The molecule has 1 fully saturated rings. The predicted octanol–water partition coefficient (Wildman–Crippen LogP) is 2.21. The van der Waals surface area contributed by atoms with Crippen LogP contribution >= 0.6 is 23.4 Å². The molecule has 1 heterocycles. The van der Waals surface area contributed by atoms with Gasteiger partial charge in [-0.3, -0.25) is 4.79 Å². The number of alkyl halides is 1. The lowest BCUT2D eigenvalue weighted by Crippen LogP contribution is -2.50. The van der Waals surface area contributed by atoms with E-state index in [2.05, 4.69) is 13.8 Å². The Bertz CT molecular complexity index is 212. The van der Waals surface area contributed by atoms with Gasteiger partial charge in [0.15, 0.2) is 0 Å². The van der Waals surface area contributed by atoms with Gasteiger partial charge in [0.05, 0.1) is 0 Å². The van der Waals surface area contributed by atoms with E-state index in [0.29, 0.717) is 17.2 Å². The van der Waals surface area contributed by atoms with Crippen LogP contribution in [0.5, 0.6) is 0 Å². The molecule has 0 radical (unpaired) electrons. The summed E-state index contributed by atoms with van der Waals surface area (Å²) in [6.45, 7) is 7.07. The third-order valence-electron chi connectivity index (χ3n) is 2.82. The minimum Gasteiger partial charge on any atom is -0.338 e. The van der Waals surface area contributed by atoms with E-state index in [1.165, 1.54) is 0 Å². The minimum atomic E-state index is -0.0468. The summed E-state index contributed by atoms with van der Waals surface area (Å²) in [5.41, 5.74) is 0. The van der Waals surface area contributed by atoms with Crippen molar-refractivity contribution in [3.63, 3.8) is 0 Å². The van der Waals surface area contributed by atoms with Gasteiger partial charge in [-0.15, -0.1) is 11.6 Å². The van der Waals surface area contributed by atoms with Gasteiger partial charge >= 0.3 is 0 Å². The largest absolute Gasteiger partial charge is 0.338 e. The molecule has 2 nitrogen and oxygen atoms in total. The van der Waals surface area contributed by atoms with Crippen LogP contribution < -0.4 is 0 Å². The van der Waals surface area contributed by atoms with E-state index < -0.39 is 0 Å². The van der Waals surface area contributed by atoms with Crippen LogP contribution in [0.4, 0.5) is 0 Å². The average Bonchev–Trinajstić information content (AvgIpc) is 2.20. The zero-order valence-electron chi connectivity index (χ0n) is 9.00. The normalized spacial score (nSPS) is 30.1. The Hall–Kier alpha value is 0.110. The first-order chi connectivity index (χ1) is 6.57. The zero-order chi connectivity index (χ0) is 10.7. The van der Waals surface area contributed by atoms with Gasteiger partial charge in [0.1, 0.15) is 0 Å². The van der Waals surface area contributed by atoms with Crippen molar-refractivity contribution in [1.82, 2.24) is 4.90 Å². The van der Waals surface area contributed by atoms with Crippen molar-refractivity contribution >= 4 is 29.3 Å². The number of carbonyl (C=O) groups excluding carboxylic acids is 1. The molecule has 1 aliphatic heterocycles. The second-order valence-electron chi connectivity index (χ2n) is 3.90. The van der Waals surface area contributed by atoms with Crippen molar-refractivity contribution in [2.75, 3.05) is 18.2 Å². The Morgan fingerprint density at radius 1 is 1.64 bits per heavy atom. The number of carbonyl (C=O) groups is 1. The molecule has 0 aromatic carbocycles. The van der Waals surface area contributed by atoms with E-state index in [1.807, 2.05) is 23.6 Å². The van der Waals surface area contributed by atoms with Crippen LogP contribution in [-0.4, -0.2) is 40.3 Å². The summed E-state index contributed by atoms with van der Waals surface area (Å²) in [6, 6.07) is 0.340. The zero-order valence-corrected chi connectivity index (χ0v) is 10.6. The quantitative estimate of drug-likeness (QED) is 0.685. The number of nitrogens with zero attached hydrogens (tertiary/aromatic N) is 1. The van der Waals surface area contributed by atoms with E-state index in [0.717, 1.165) is 12.3 Å². The molecular formula is C10H18ClNOS. The number of thioether (sulfide) groups is 1. The first-order valence-corrected chi connectivity index (χ1v) is 6.64. The van der Waals surface area contributed by atoms with Crippen LogP contribution in [0.2, 0.25) is 0 Å². The number of rotatable bonds is 2. The molecule has 1 amide bonds. The SMILES string of the molecule is CC(CCl)C(=O)N1CCSC(C)C1C. The van der Waals surface area contributed by atoms with Crippen LogP contribution in [-0.2, 0) is 4.79 Å². The monoisotopic (exact) mass is 235 g/mol. The molecule has 0 spiro atoms. The molecule has 0 aromatic rings. The van der Waals surface area contributed by atoms with E-state index in [-0.39, 0.29) is 11.8 Å². The van der Waals surface area contributed by atoms with Crippen LogP contribution in [0, 0.1) is 5.92 Å². The topological polar surface area (TPSA) is 20.3 Å². The van der Waals surface area contributed by atoms with Crippen molar-refractivity contribution in [2.24, 2.45) is 5.92 Å². The summed E-state index contributed by atoms with van der Waals surface area (Å²) in [5, 5.41) is 0.537. The van der Waals surface area contributed by atoms with E-state index >= 15 is 0 Å². The van der Waals surface area contributed by atoms with Crippen molar-refractivity contribution in [2.45, 2.75) is 32.1 Å². The fourth-order valence-corrected chi connectivity index (χ4v) is 2.82. The molecule has 82 valence electrons. The third-order valence-corrected chi connectivity index (χ3v) is 4.62. The van der Waals surface area contributed by atoms with Gasteiger partial charge in [-0.25, -0.2) is 0 Å². The average molecular weight is 236 g/mol. The Morgan fingerprint density at radius 3 is 2.86 bits per heavy atom. The molecule has 1 rings (SSSR count). The molecule has 0 aromatic heterocycles. The van der Waals surface area contributed by atoms with Gasteiger partial charge in [0.25, 0.3) is 0 Å². The van der Waals surface area contributed by atoms with Gasteiger partial charge in [0, 0.05) is 35.4 Å². The summed E-state index contributed by atoms with van der Waals surface area (Å²) >= 11 is 7.64. The fraction of sp³-hybridized carbons (Fsp3) is 0.900. The van der Waals surface area contributed by atoms with Gasteiger partial charge in [-0.1, -0.05) is 13.8 Å². The van der Waals surface area contributed by atoms with Gasteiger partial charge in [-0.05, 0) is 6.92 Å². The molecule has 0 saturated carbocycles. The van der Waals surface area contributed by atoms with E-state index in [1.54, 1.807) is 0 Å². The standard InChI is InChI=1S/C10H18ClNOS/c1-7(6-11)10(13)12-4-5-14-9(3)8(12)2/h7-9H,4-6H2,1-3H3. The van der Waals surface area contributed by atoms with E-state index in [4.69, 9.17) is 11.6 Å². The Labute approximate surface area is 95.4 Å². The van der Waals surface area contributed by atoms with Crippen LogP contribution in [0.3, 0.4) is 0 Å². The summed E-state index contributed by atoms with van der Waals surface area (Å²) in [4.78, 5) is 13.9. The third kappa shape index (κ3) is 2.57. The molecule has 14 heavy (non-hydrogen) atoms. The van der Waals surface area contributed by atoms with Crippen LogP contribution in [0.25, 0.3) is 0 Å². The maximum Gasteiger partial charge on any atom is 0.226 e. The molecule has 1 saturated heterocycles.